The van der Waals surface area contributed by atoms with E-state index in [-0.39, 0.29) is 12.2 Å². The summed E-state index contributed by atoms with van der Waals surface area (Å²) in [5, 5.41) is 1.51. The van der Waals surface area contributed by atoms with Crippen LogP contribution in [0.15, 0.2) is 24.3 Å². The molecule has 0 amide bonds. The molecule has 0 aliphatic carbocycles. The summed E-state index contributed by atoms with van der Waals surface area (Å²) < 4.78 is 10.9. The van der Waals surface area contributed by atoms with E-state index in [0.717, 1.165) is 15.9 Å². The van der Waals surface area contributed by atoms with Crippen molar-refractivity contribution in [3.63, 3.8) is 0 Å². The van der Waals surface area contributed by atoms with Crippen LogP contribution in [-0.4, -0.2) is 24.6 Å². The molecule has 4 heteroatoms. The molecule has 1 aliphatic heterocycles. The van der Waals surface area contributed by atoms with Crippen LogP contribution >= 0.6 is 27.5 Å². The Morgan fingerprint density at radius 3 is 2.87 bits per heavy atom. The lowest BCUT2D eigenvalue weighted by molar-refractivity contribution is -0.150. The number of rotatable bonds is 4. The first kappa shape index (κ1) is 11.4. The number of halogens is 2. The van der Waals surface area contributed by atoms with Gasteiger partial charge < -0.3 is 9.47 Å². The Labute approximate surface area is 103 Å². The molecular formula is C11H12BrClO2. The zero-order valence-corrected chi connectivity index (χ0v) is 10.5. The van der Waals surface area contributed by atoms with Crippen LogP contribution in [0.3, 0.4) is 0 Å². The quantitative estimate of drug-likeness (QED) is 0.793. The summed E-state index contributed by atoms with van der Waals surface area (Å²) in [6.07, 6.45) is 0.282. The molecule has 2 rings (SSSR count). The van der Waals surface area contributed by atoms with Crippen molar-refractivity contribution in [2.45, 2.75) is 12.2 Å². The normalized spacial score (nSPS) is 18.5. The lowest BCUT2D eigenvalue weighted by Gasteiger charge is -2.30. The summed E-state index contributed by atoms with van der Waals surface area (Å²) in [6, 6.07) is 7.76. The van der Waals surface area contributed by atoms with E-state index in [9.17, 15) is 0 Å². The zero-order valence-electron chi connectivity index (χ0n) is 8.16. The number of hydrogen-bond donors (Lipinski definition) is 0. The van der Waals surface area contributed by atoms with Gasteiger partial charge in [0.05, 0.1) is 19.3 Å². The molecule has 1 unspecified atom stereocenters. The zero-order chi connectivity index (χ0) is 10.7. The van der Waals surface area contributed by atoms with Gasteiger partial charge in [-0.1, -0.05) is 39.7 Å². The van der Waals surface area contributed by atoms with Crippen molar-refractivity contribution in [1.29, 1.82) is 0 Å². The highest BCUT2D eigenvalue weighted by molar-refractivity contribution is 9.09. The van der Waals surface area contributed by atoms with E-state index in [2.05, 4.69) is 15.9 Å². The van der Waals surface area contributed by atoms with Gasteiger partial charge in [-0.3, -0.25) is 0 Å². The van der Waals surface area contributed by atoms with E-state index in [1.54, 1.807) is 0 Å². The van der Waals surface area contributed by atoms with Gasteiger partial charge >= 0.3 is 0 Å². The molecule has 1 atom stereocenters. The van der Waals surface area contributed by atoms with Gasteiger partial charge in [0.1, 0.15) is 6.10 Å². The molecule has 0 aromatic heterocycles. The molecule has 1 aromatic carbocycles. The molecule has 15 heavy (non-hydrogen) atoms. The highest BCUT2D eigenvalue weighted by Gasteiger charge is 2.23. The lowest BCUT2D eigenvalue weighted by Crippen LogP contribution is -2.37. The third-order valence-corrected chi connectivity index (χ3v) is 3.15. The van der Waals surface area contributed by atoms with Crippen molar-refractivity contribution in [1.82, 2.24) is 0 Å². The molecule has 82 valence electrons. The second kappa shape index (κ2) is 5.30. The Bertz CT molecular complexity index is 328. The summed E-state index contributed by atoms with van der Waals surface area (Å²) in [5.74, 6) is 0. The van der Waals surface area contributed by atoms with E-state index in [1.165, 1.54) is 0 Å². The van der Waals surface area contributed by atoms with Crippen molar-refractivity contribution in [3.8, 4) is 0 Å². The fraction of sp³-hybridized carbons (Fsp3) is 0.455. The molecule has 0 spiro atoms. The molecule has 0 bridgehead atoms. The van der Waals surface area contributed by atoms with Crippen LogP contribution in [0, 0.1) is 0 Å². The molecule has 1 heterocycles. The largest absolute Gasteiger partial charge is 0.376 e. The van der Waals surface area contributed by atoms with Crippen molar-refractivity contribution >= 4 is 27.5 Å². The summed E-state index contributed by atoms with van der Waals surface area (Å²) in [6.45, 7) is 1.40. The maximum atomic E-state index is 5.93. The van der Waals surface area contributed by atoms with Gasteiger partial charge in [-0.2, -0.15) is 0 Å². The van der Waals surface area contributed by atoms with E-state index >= 15 is 0 Å². The van der Waals surface area contributed by atoms with Crippen LogP contribution in [0.1, 0.15) is 11.7 Å². The van der Waals surface area contributed by atoms with Gasteiger partial charge in [0.2, 0.25) is 0 Å². The first-order valence-corrected chi connectivity index (χ1v) is 6.34. The van der Waals surface area contributed by atoms with E-state index in [4.69, 9.17) is 21.1 Å². The monoisotopic (exact) mass is 290 g/mol. The summed E-state index contributed by atoms with van der Waals surface area (Å²) in [5.41, 5.74) is 1.10. The Morgan fingerprint density at radius 1 is 1.53 bits per heavy atom. The highest BCUT2D eigenvalue weighted by Crippen LogP contribution is 2.25. The predicted octanol–water partition coefficient (Wildman–Crippen LogP) is 3.19. The molecule has 0 radical (unpaired) electrons. The molecule has 2 nitrogen and oxygen atoms in total. The molecule has 1 saturated heterocycles. The first-order valence-electron chi connectivity index (χ1n) is 4.84. The topological polar surface area (TPSA) is 18.5 Å². The summed E-state index contributed by atoms with van der Waals surface area (Å²) in [7, 11) is 0. The second-order valence-corrected chi connectivity index (χ2v) is 4.58. The first-order chi connectivity index (χ1) is 7.29. The number of ether oxygens (including phenoxy) is 2. The summed E-state index contributed by atoms with van der Waals surface area (Å²) in [4.78, 5) is 0. The van der Waals surface area contributed by atoms with E-state index in [0.29, 0.717) is 13.2 Å². The fourth-order valence-electron chi connectivity index (χ4n) is 1.44. The number of benzene rings is 1. The van der Waals surface area contributed by atoms with Crippen LogP contribution < -0.4 is 0 Å². The average molecular weight is 292 g/mol. The van der Waals surface area contributed by atoms with Crippen LogP contribution in [0.2, 0.25) is 5.02 Å². The molecular weight excluding hydrogens is 279 g/mol. The van der Waals surface area contributed by atoms with Gasteiger partial charge in [0, 0.05) is 10.4 Å². The predicted molar refractivity (Wildman–Crippen MR) is 63.7 cm³/mol. The minimum atomic E-state index is 0.0533. The van der Waals surface area contributed by atoms with Gasteiger partial charge in [0.15, 0.2) is 0 Å². The minimum absolute atomic E-state index is 0.0533. The Hall–Kier alpha value is -0.0900. The molecule has 1 fully saturated rings. The van der Waals surface area contributed by atoms with Gasteiger partial charge in [-0.05, 0) is 17.7 Å². The lowest BCUT2D eigenvalue weighted by atomic mass is 10.1. The van der Waals surface area contributed by atoms with Crippen LogP contribution in [0.5, 0.6) is 0 Å². The molecule has 0 N–H and O–H groups in total. The van der Waals surface area contributed by atoms with Crippen LogP contribution in [-0.2, 0) is 9.47 Å². The van der Waals surface area contributed by atoms with Crippen molar-refractivity contribution in [2.24, 2.45) is 0 Å². The SMILES string of the molecule is Clc1cccc(C(CBr)OC2COC2)c1. The third-order valence-electron chi connectivity index (χ3n) is 2.32. The second-order valence-electron chi connectivity index (χ2n) is 3.49. The smallest absolute Gasteiger partial charge is 0.105 e. The molecule has 0 saturated carbocycles. The number of alkyl halides is 1. The maximum absolute atomic E-state index is 5.93. The minimum Gasteiger partial charge on any atom is -0.376 e. The molecule has 1 aromatic rings. The summed E-state index contributed by atoms with van der Waals surface area (Å²) >= 11 is 9.38. The Balaban J connectivity index is 2.04. The van der Waals surface area contributed by atoms with E-state index < -0.39 is 0 Å². The molecule has 1 aliphatic rings. The van der Waals surface area contributed by atoms with Gasteiger partial charge in [-0.25, -0.2) is 0 Å². The van der Waals surface area contributed by atoms with Gasteiger partial charge in [0.25, 0.3) is 0 Å². The van der Waals surface area contributed by atoms with Crippen LogP contribution in [0.25, 0.3) is 0 Å². The maximum Gasteiger partial charge on any atom is 0.105 e. The van der Waals surface area contributed by atoms with Crippen molar-refractivity contribution in [2.75, 3.05) is 18.5 Å². The highest BCUT2D eigenvalue weighted by atomic mass is 79.9. The van der Waals surface area contributed by atoms with Gasteiger partial charge in [-0.15, -0.1) is 0 Å². The Morgan fingerprint density at radius 2 is 2.33 bits per heavy atom. The Kier molecular flexibility index (Phi) is 4.03. The third kappa shape index (κ3) is 2.94. The average Bonchev–Trinajstić information content (AvgIpc) is 2.16. The number of hydrogen-bond acceptors (Lipinski definition) is 2. The van der Waals surface area contributed by atoms with Crippen molar-refractivity contribution < 1.29 is 9.47 Å². The standard InChI is InChI=1S/C11H12BrClO2/c12-5-11(15-10-6-14-7-10)8-2-1-3-9(13)4-8/h1-4,10-11H,5-7H2. The van der Waals surface area contributed by atoms with E-state index in [1.807, 2.05) is 24.3 Å². The van der Waals surface area contributed by atoms with Crippen molar-refractivity contribution in [3.05, 3.63) is 34.9 Å². The van der Waals surface area contributed by atoms with Crippen LogP contribution in [0.4, 0.5) is 0 Å². The fourth-order valence-corrected chi connectivity index (χ4v) is 2.16.